The molecule has 0 fully saturated rings. The van der Waals surface area contributed by atoms with Gasteiger partial charge in [-0.25, -0.2) is 9.78 Å². The zero-order valence-electron chi connectivity index (χ0n) is 10.8. The van der Waals surface area contributed by atoms with Crippen LogP contribution in [-0.2, 0) is 18.2 Å². The largest absolute Gasteiger partial charge is 0.460 e. The highest BCUT2D eigenvalue weighted by Crippen LogP contribution is 2.14. The molecule has 100 valence electrons. The van der Waals surface area contributed by atoms with Gasteiger partial charge in [0.1, 0.15) is 5.82 Å². The Balaban J connectivity index is 2.19. The van der Waals surface area contributed by atoms with Gasteiger partial charge in [-0.3, -0.25) is 4.68 Å². The monoisotopic (exact) mass is 323 g/mol. The van der Waals surface area contributed by atoms with Gasteiger partial charge in [0, 0.05) is 17.9 Å². The van der Waals surface area contributed by atoms with E-state index in [1.165, 1.54) is 0 Å². The average Bonchev–Trinajstić information content (AvgIpc) is 2.71. The molecule has 2 aromatic rings. The van der Waals surface area contributed by atoms with Gasteiger partial charge in [0.25, 0.3) is 5.82 Å². The van der Waals surface area contributed by atoms with Crippen molar-refractivity contribution in [2.45, 2.75) is 13.3 Å². The second-order valence-corrected chi connectivity index (χ2v) is 4.92. The molecule has 1 aromatic carbocycles. The van der Waals surface area contributed by atoms with Crippen LogP contribution in [0.3, 0.4) is 0 Å². The van der Waals surface area contributed by atoms with Gasteiger partial charge in [-0.2, -0.15) is 0 Å². The summed E-state index contributed by atoms with van der Waals surface area (Å²) in [7, 11) is 1.77. The van der Waals surface area contributed by atoms with Crippen molar-refractivity contribution in [3.63, 3.8) is 0 Å². The van der Waals surface area contributed by atoms with Crippen molar-refractivity contribution >= 4 is 21.9 Å². The second kappa shape index (κ2) is 5.97. The van der Waals surface area contributed by atoms with Crippen LogP contribution >= 0.6 is 15.9 Å². The Morgan fingerprint density at radius 2 is 2.26 bits per heavy atom. The number of rotatable bonds is 4. The SMILES string of the molecule is CCOC(=O)c1nc(Cc2cccc(Br)c2)n(C)n1. The molecule has 0 saturated heterocycles. The molecule has 0 N–H and O–H groups in total. The Morgan fingerprint density at radius 3 is 2.95 bits per heavy atom. The number of aryl methyl sites for hydroxylation is 1. The van der Waals surface area contributed by atoms with E-state index in [0.717, 1.165) is 15.9 Å². The third-order valence-electron chi connectivity index (χ3n) is 2.56. The molecule has 5 nitrogen and oxygen atoms in total. The molecular formula is C13H14BrN3O2. The van der Waals surface area contributed by atoms with E-state index in [-0.39, 0.29) is 5.82 Å². The first kappa shape index (κ1) is 13.7. The molecule has 0 spiro atoms. The van der Waals surface area contributed by atoms with Gasteiger partial charge in [-0.1, -0.05) is 28.1 Å². The molecular weight excluding hydrogens is 310 g/mol. The number of ether oxygens (including phenoxy) is 1. The van der Waals surface area contributed by atoms with E-state index in [9.17, 15) is 4.79 Å². The van der Waals surface area contributed by atoms with Crippen LogP contribution in [-0.4, -0.2) is 27.3 Å². The van der Waals surface area contributed by atoms with E-state index in [4.69, 9.17) is 4.74 Å². The second-order valence-electron chi connectivity index (χ2n) is 4.00. The number of carbonyl (C=O) groups excluding carboxylic acids is 1. The third kappa shape index (κ3) is 3.41. The minimum Gasteiger partial charge on any atom is -0.460 e. The van der Waals surface area contributed by atoms with Crippen molar-refractivity contribution in [1.82, 2.24) is 14.8 Å². The highest BCUT2D eigenvalue weighted by molar-refractivity contribution is 9.10. The van der Waals surface area contributed by atoms with Gasteiger partial charge in [0.05, 0.1) is 6.61 Å². The maximum absolute atomic E-state index is 11.5. The number of nitrogens with zero attached hydrogens (tertiary/aromatic N) is 3. The topological polar surface area (TPSA) is 57.0 Å². The average molecular weight is 324 g/mol. The van der Waals surface area contributed by atoms with Crippen LogP contribution in [0.1, 0.15) is 28.9 Å². The summed E-state index contributed by atoms with van der Waals surface area (Å²) in [5.41, 5.74) is 1.10. The molecule has 0 bridgehead atoms. The number of aromatic nitrogens is 3. The van der Waals surface area contributed by atoms with Crippen LogP contribution in [0.4, 0.5) is 0 Å². The van der Waals surface area contributed by atoms with Crippen LogP contribution in [0.15, 0.2) is 28.7 Å². The van der Waals surface area contributed by atoms with Gasteiger partial charge < -0.3 is 4.74 Å². The molecule has 1 aromatic heterocycles. The maximum atomic E-state index is 11.5. The van der Waals surface area contributed by atoms with Gasteiger partial charge >= 0.3 is 5.97 Å². The third-order valence-corrected chi connectivity index (χ3v) is 3.06. The summed E-state index contributed by atoms with van der Waals surface area (Å²) in [5, 5.41) is 4.07. The van der Waals surface area contributed by atoms with Crippen LogP contribution in [0, 0.1) is 0 Å². The quantitative estimate of drug-likeness (QED) is 0.810. The fourth-order valence-corrected chi connectivity index (χ4v) is 2.13. The van der Waals surface area contributed by atoms with Gasteiger partial charge in [0.2, 0.25) is 0 Å². The molecule has 0 amide bonds. The lowest BCUT2D eigenvalue weighted by molar-refractivity contribution is 0.0512. The van der Waals surface area contributed by atoms with Crippen molar-refractivity contribution in [1.29, 1.82) is 0 Å². The molecule has 0 aliphatic carbocycles. The number of hydrogen-bond donors (Lipinski definition) is 0. The molecule has 2 rings (SSSR count). The van der Waals surface area contributed by atoms with Crippen LogP contribution in [0.2, 0.25) is 0 Å². The van der Waals surface area contributed by atoms with E-state index in [1.54, 1.807) is 18.7 Å². The van der Waals surface area contributed by atoms with E-state index in [2.05, 4.69) is 26.0 Å². The van der Waals surface area contributed by atoms with Crippen LogP contribution in [0.5, 0.6) is 0 Å². The summed E-state index contributed by atoms with van der Waals surface area (Å²) >= 11 is 3.43. The zero-order valence-corrected chi connectivity index (χ0v) is 12.3. The van der Waals surface area contributed by atoms with E-state index >= 15 is 0 Å². The number of carbonyl (C=O) groups is 1. The Bertz CT molecular complexity index is 595. The summed E-state index contributed by atoms with van der Waals surface area (Å²) in [6.07, 6.45) is 0.613. The summed E-state index contributed by atoms with van der Waals surface area (Å²) in [6.45, 7) is 2.07. The summed E-state index contributed by atoms with van der Waals surface area (Å²) in [6, 6.07) is 7.94. The molecule has 0 saturated carbocycles. The molecule has 1 heterocycles. The van der Waals surface area contributed by atoms with Gasteiger partial charge in [-0.05, 0) is 24.6 Å². The fraction of sp³-hybridized carbons (Fsp3) is 0.308. The predicted molar refractivity (Wildman–Crippen MR) is 73.9 cm³/mol. The normalized spacial score (nSPS) is 10.5. The molecule has 0 atom stereocenters. The van der Waals surface area contributed by atoms with Crippen molar-refractivity contribution < 1.29 is 9.53 Å². The highest BCUT2D eigenvalue weighted by Gasteiger charge is 2.15. The fourth-order valence-electron chi connectivity index (χ4n) is 1.68. The molecule has 6 heteroatoms. The van der Waals surface area contributed by atoms with Crippen LogP contribution < -0.4 is 0 Å². The predicted octanol–water partition coefficient (Wildman–Crippen LogP) is 2.35. The standard InChI is InChI=1S/C13H14BrN3O2/c1-3-19-13(18)12-15-11(17(2)16-12)8-9-5-4-6-10(14)7-9/h4-7H,3,8H2,1-2H3. The maximum Gasteiger partial charge on any atom is 0.378 e. The smallest absolute Gasteiger partial charge is 0.378 e. The number of esters is 1. The molecule has 19 heavy (non-hydrogen) atoms. The van der Waals surface area contributed by atoms with Gasteiger partial charge in [-0.15, -0.1) is 5.10 Å². The van der Waals surface area contributed by atoms with Crippen LogP contribution in [0.25, 0.3) is 0 Å². The molecule has 0 unspecified atom stereocenters. The molecule has 0 radical (unpaired) electrons. The van der Waals surface area contributed by atoms with Crippen molar-refractivity contribution in [3.05, 3.63) is 46.0 Å². The summed E-state index contributed by atoms with van der Waals surface area (Å²) < 4.78 is 7.50. The summed E-state index contributed by atoms with van der Waals surface area (Å²) in [5.74, 6) is 0.342. The number of hydrogen-bond acceptors (Lipinski definition) is 4. The lowest BCUT2D eigenvalue weighted by Gasteiger charge is -2.00. The first-order valence-electron chi connectivity index (χ1n) is 5.91. The number of halogens is 1. The highest BCUT2D eigenvalue weighted by atomic mass is 79.9. The minimum atomic E-state index is -0.487. The Kier molecular flexibility index (Phi) is 4.31. The summed E-state index contributed by atoms with van der Waals surface area (Å²) in [4.78, 5) is 15.8. The van der Waals surface area contributed by atoms with Crippen molar-refractivity contribution in [3.8, 4) is 0 Å². The Labute approximate surface area is 119 Å². The number of benzene rings is 1. The van der Waals surface area contributed by atoms with Crippen molar-refractivity contribution in [2.75, 3.05) is 6.61 Å². The lowest BCUT2D eigenvalue weighted by Crippen LogP contribution is -2.07. The van der Waals surface area contributed by atoms with Crippen molar-refractivity contribution in [2.24, 2.45) is 7.05 Å². The molecule has 0 aliphatic rings. The van der Waals surface area contributed by atoms with E-state index < -0.39 is 5.97 Å². The first-order chi connectivity index (χ1) is 9.10. The zero-order chi connectivity index (χ0) is 13.8. The van der Waals surface area contributed by atoms with E-state index in [0.29, 0.717) is 13.0 Å². The Morgan fingerprint density at radius 1 is 1.47 bits per heavy atom. The lowest BCUT2D eigenvalue weighted by atomic mass is 10.1. The first-order valence-corrected chi connectivity index (χ1v) is 6.71. The Hall–Kier alpha value is -1.69. The van der Waals surface area contributed by atoms with E-state index in [1.807, 2.05) is 24.3 Å². The molecule has 0 aliphatic heterocycles. The minimum absolute atomic E-state index is 0.106. The van der Waals surface area contributed by atoms with Gasteiger partial charge in [0.15, 0.2) is 0 Å².